The van der Waals surface area contributed by atoms with E-state index in [0.717, 1.165) is 42.3 Å². The van der Waals surface area contributed by atoms with Crippen molar-refractivity contribution in [2.45, 2.75) is 45.3 Å². The molecule has 1 atom stereocenters. The first-order valence-electron chi connectivity index (χ1n) is 11.5. The van der Waals surface area contributed by atoms with E-state index in [9.17, 15) is 5.11 Å². The van der Waals surface area contributed by atoms with Crippen molar-refractivity contribution in [1.82, 2.24) is 4.98 Å². The monoisotopic (exact) mass is 449 g/mol. The molecule has 0 fully saturated rings. The molecule has 3 aromatic rings. The zero-order valence-corrected chi connectivity index (χ0v) is 19.8. The molecule has 0 saturated carbocycles. The van der Waals surface area contributed by atoms with E-state index in [4.69, 9.17) is 9.47 Å². The number of rotatable bonds is 13. The van der Waals surface area contributed by atoms with Gasteiger partial charge in [0.1, 0.15) is 17.3 Å². The standard InChI is InChI=1S/C27H35N3O3/c1-4-5-23(15-17-31)29-24-14-16-28-27(18-24)30(19-21-6-10-25(32-2)11-7-21)20-22-8-12-26(33-3)13-9-22/h6-14,16,18,23,31H,4-5,15,17,19-20H2,1-3H3,(H,28,29). The summed E-state index contributed by atoms with van der Waals surface area (Å²) in [5.74, 6) is 2.58. The van der Waals surface area contributed by atoms with Gasteiger partial charge in [0.25, 0.3) is 0 Å². The molecule has 0 aliphatic heterocycles. The van der Waals surface area contributed by atoms with Gasteiger partial charge in [0.05, 0.1) is 14.2 Å². The van der Waals surface area contributed by atoms with Crippen molar-refractivity contribution in [2.75, 3.05) is 31.0 Å². The number of benzene rings is 2. The molecule has 0 bridgehead atoms. The lowest BCUT2D eigenvalue weighted by atomic mass is 10.1. The SMILES string of the molecule is CCCC(CCO)Nc1ccnc(N(Cc2ccc(OC)cc2)Cc2ccc(OC)cc2)c1. The highest BCUT2D eigenvalue weighted by molar-refractivity contribution is 5.54. The minimum absolute atomic E-state index is 0.177. The summed E-state index contributed by atoms with van der Waals surface area (Å²) in [5, 5.41) is 13.0. The number of aliphatic hydroxyl groups excluding tert-OH is 1. The molecule has 0 aliphatic rings. The van der Waals surface area contributed by atoms with Crippen molar-refractivity contribution in [3.05, 3.63) is 78.0 Å². The molecular weight excluding hydrogens is 414 g/mol. The molecular formula is C27H35N3O3. The number of anilines is 2. The summed E-state index contributed by atoms with van der Waals surface area (Å²) < 4.78 is 10.6. The molecule has 0 aliphatic carbocycles. The quantitative estimate of drug-likeness (QED) is 0.371. The number of nitrogens with one attached hydrogen (secondary N) is 1. The smallest absolute Gasteiger partial charge is 0.131 e. The van der Waals surface area contributed by atoms with E-state index >= 15 is 0 Å². The number of ether oxygens (including phenoxy) is 2. The van der Waals surface area contributed by atoms with Gasteiger partial charge in [-0.1, -0.05) is 37.6 Å². The molecule has 176 valence electrons. The summed E-state index contributed by atoms with van der Waals surface area (Å²) in [6, 6.07) is 20.6. The number of aromatic nitrogens is 1. The third-order valence-electron chi connectivity index (χ3n) is 5.62. The third kappa shape index (κ3) is 7.39. The van der Waals surface area contributed by atoms with Crippen molar-refractivity contribution in [3.8, 4) is 11.5 Å². The van der Waals surface area contributed by atoms with Crippen LogP contribution in [0.4, 0.5) is 11.5 Å². The molecule has 6 heteroatoms. The topological polar surface area (TPSA) is 66.9 Å². The summed E-state index contributed by atoms with van der Waals surface area (Å²) in [7, 11) is 3.35. The second kappa shape index (κ2) is 12.7. The molecule has 3 rings (SSSR count). The normalized spacial score (nSPS) is 11.6. The van der Waals surface area contributed by atoms with Crippen molar-refractivity contribution in [1.29, 1.82) is 0 Å². The predicted octanol–water partition coefficient (Wildman–Crippen LogP) is 5.27. The molecule has 33 heavy (non-hydrogen) atoms. The van der Waals surface area contributed by atoms with Crippen molar-refractivity contribution in [2.24, 2.45) is 0 Å². The van der Waals surface area contributed by atoms with Crippen LogP contribution in [0.1, 0.15) is 37.3 Å². The van der Waals surface area contributed by atoms with E-state index in [0.29, 0.717) is 13.1 Å². The Morgan fingerprint density at radius 3 is 1.94 bits per heavy atom. The van der Waals surface area contributed by atoms with Gasteiger partial charge in [0, 0.05) is 43.7 Å². The van der Waals surface area contributed by atoms with E-state index in [2.05, 4.69) is 52.5 Å². The van der Waals surface area contributed by atoms with Crippen LogP contribution in [0, 0.1) is 0 Å². The highest BCUT2D eigenvalue weighted by Crippen LogP contribution is 2.24. The Morgan fingerprint density at radius 2 is 1.45 bits per heavy atom. The Morgan fingerprint density at radius 1 is 0.879 bits per heavy atom. The van der Waals surface area contributed by atoms with Crippen molar-refractivity contribution < 1.29 is 14.6 Å². The number of pyridine rings is 1. The van der Waals surface area contributed by atoms with Crippen LogP contribution in [0.5, 0.6) is 11.5 Å². The van der Waals surface area contributed by atoms with Gasteiger partial charge in [-0.25, -0.2) is 4.98 Å². The van der Waals surface area contributed by atoms with Crippen LogP contribution in [0.15, 0.2) is 66.9 Å². The lowest BCUT2D eigenvalue weighted by molar-refractivity contribution is 0.276. The van der Waals surface area contributed by atoms with Crippen LogP contribution in [0.3, 0.4) is 0 Å². The largest absolute Gasteiger partial charge is 0.497 e. The van der Waals surface area contributed by atoms with Crippen LogP contribution in [0.25, 0.3) is 0 Å². The molecule has 1 unspecified atom stereocenters. The fraction of sp³-hybridized carbons (Fsp3) is 0.370. The maximum atomic E-state index is 9.41. The van der Waals surface area contributed by atoms with Gasteiger partial charge >= 0.3 is 0 Å². The number of methoxy groups -OCH3 is 2. The second-order valence-corrected chi connectivity index (χ2v) is 8.10. The van der Waals surface area contributed by atoms with Crippen LogP contribution >= 0.6 is 0 Å². The van der Waals surface area contributed by atoms with E-state index in [1.54, 1.807) is 14.2 Å². The molecule has 1 heterocycles. The Labute approximate surface area is 197 Å². The molecule has 0 spiro atoms. The van der Waals surface area contributed by atoms with E-state index in [-0.39, 0.29) is 12.6 Å². The zero-order chi connectivity index (χ0) is 23.5. The zero-order valence-electron chi connectivity index (χ0n) is 19.8. The van der Waals surface area contributed by atoms with Crippen LogP contribution in [0.2, 0.25) is 0 Å². The van der Waals surface area contributed by atoms with E-state index in [1.807, 2.05) is 36.5 Å². The van der Waals surface area contributed by atoms with E-state index < -0.39 is 0 Å². The van der Waals surface area contributed by atoms with Gasteiger partial charge in [0.2, 0.25) is 0 Å². The number of nitrogens with zero attached hydrogens (tertiary/aromatic N) is 2. The van der Waals surface area contributed by atoms with Gasteiger partial charge in [-0.3, -0.25) is 0 Å². The fourth-order valence-electron chi connectivity index (χ4n) is 3.83. The van der Waals surface area contributed by atoms with Gasteiger partial charge in [-0.2, -0.15) is 0 Å². The predicted molar refractivity (Wildman–Crippen MR) is 134 cm³/mol. The molecule has 0 amide bonds. The molecule has 2 aromatic carbocycles. The second-order valence-electron chi connectivity index (χ2n) is 8.10. The Kier molecular flexibility index (Phi) is 9.39. The summed E-state index contributed by atoms with van der Waals surface area (Å²) in [4.78, 5) is 6.95. The first-order chi connectivity index (χ1) is 16.1. The first kappa shape index (κ1) is 24.4. The number of aliphatic hydroxyl groups is 1. The average molecular weight is 450 g/mol. The summed E-state index contributed by atoms with van der Waals surface area (Å²) in [5.41, 5.74) is 3.36. The van der Waals surface area contributed by atoms with Gasteiger partial charge in [0.15, 0.2) is 0 Å². The number of hydrogen-bond donors (Lipinski definition) is 2. The lowest BCUT2D eigenvalue weighted by Gasteiger charge is -2.26. The minimum atomic E-state index is 0.177. The molecule has 0 radical (unpaired) electrons. The highest BCUT2D eigenvalue weighted by atomic mass is 16.5. The number of hydrogen-bond acceptors (Lipinski definition) is 6. The molecule has 6 nitrogen and oxygen atoms in total. The summed E-state index contributed by atoms with van der Waals surface area (Å²) in [6.07, 6.45) is 4.65. The lowest BCUT2D eigenvalue weighted by Crippen LogP contribution is -2.24. The van der Waals surface area contributed by atoms with Gasteiger partial charge < -0.3 is 24.8 Å². The molecule has 2 N–H and O–H groups in total. The van der Waals surface area contributed by atoms with Crippen LogP contribution in [-0.2, 0) is 13.1 Å². The fourth-order valence-corrected chi connectivity index (χ4v) is 3.83. The maximum absolute atomic E-state index is 9.41. The Bertz CT molecular complexity index is 906. The third-order valence-corrected chi connectivity index (χ3v) is 5.62. The Balaban J connectivity index is 1.85. The van der Waals surface area contributed by atoms with Crippen LogP contribution in [-0.4, -0.2) is 37.0 Å². The summed E-state index contributed by atoms with van der Waals surface area (Å²) in [6.45, 7) is 3.76. The molecule has 0 saturated heterocycles. The highest BCUT2D eigenvalue weighted by Gasteiger charge is 2.13. The average Bonchev–Trinajstić information content (AvgIpc) is 2.85. The van der Waals surface area contributed by atoms with E-state index in [1.165, 1.54) is 11.1 Å². The minimum Gasteiger partial charge on any atom is -0.497 e. The van der Waals surface area contributed by atoms with Crippen molar-refractivity contribution >= 4 is 11.5 Å². The molecule has 1 aromatic heterocycles. The van der Waals surface area contributed by atoms with Crippen molar-refractivity contribution in [3.63, 3.8) is 0 Å². The maximum Gasteiger partial charge on any atom is 0.131 e. The Hall–Kier alpha value is -3.25. The van der Waals surface area contributed by atoms with Gasteiger partial charge in [-0.05, 0) is 54.3 Å². The summed E-state index contributed by atoms with van der Waals surface area (Å²) >= 11 is 0. The van der Waals surface area contributed by atoms with Gasteiger partial charge in [-0.15, -0.1) is 0 Å². The first-order valence-corrected chi connectivity index (χ1v) is 11.5. The van der Waals surface area contributed by atoms with Crippen LogP contribution < -0.4 is 19.7 Å².